The summed E-state index contributed by atoms with van der Waals surface area (Å²) >= 11 is 0. The van der Waals surface area contributed by atoms with E-state index in [0.717, 1.165) is 28.6 Å². The topological polar surface area (TPSA) is 84.9 Å². The van der Waals surface area contributed by atoms with Gasteiger partial charge in [-0.15, -0.1) is 0 Å². The smallest absolute Gasteiger partial charge is 0.416 e. The number of hydrogen-bond donors (Lipinski definition) is 1. The van der Waals surface area contributed by atoms with Crippen molar-refractivity contribution in [1.29, 1.82) is 0 Å². The van der Waals surface area contributed by atoms with E-state index < -0.39 is 27.7 Å². The molecule has 0 fully saturated rings. The lowest BCUT2D eigenvalue weighted by atomic mass is 10.1. The van der Waals surface area contributed by atoms with E-state index in [2.05, 4.69) is 5.32 Å². The number of hydrogen-bond acceptors (Lipinski definition) is 5. The molecular weight excluding hydrogens is 425 g/mol. The van der Waals surface area contributed by atoms with Gasteiger partial charge in [-0.25, -0.2) is 8.42 Å². The Morgan fingerprint density at radius 1 is 1.07 bits per heavy atom. The van der Waals surface area contributed by atoms with Crippen LogP contribution in [0.1, 0.15) is 22.8 Å². The van der Waals surface area contributed by atoms with Gasteiger partial charge in [-0.3, -0.25) is 9.10 Å². The number of halogens is 3. The fraction of sp³-hybridized carbons (Fsp3) is 0.316. The average molecular weight is 446 g/mol. The summed E-state index contributed by atoms with van der Waals surface area (Å²) in [5, 5.41) is 2.47. The number of methoxy groups -OCH3 is 2. The zero-order valence-electron chi connectivity index (χ0n) is 16.7. The Bertz CT molecular complexity index is 1020. The van der Waals surface area contributed by atoms with Gasteiger partial charge in [0, 0.05) is 18.8 Å². The van der Waals surface area contributed by atoms with Gasteiger partial charge in [0.1, 0.15) is 0 Å². The molecule has 2 aromatic rings. The second-order valence-electron chi connectivity index (χ2n) is 6.12. The Labute approximate surface area is 172 Å². The first-order chi connectivity index (χ1) is 13.9. The number of benzene rings is 2. The summed E-state index contributed by atoms with van der Waals surface area (Å²) in [5.41, 5.74) is -0.790. The molecule has 30 heavy (non-hydrogen) atoms. The molecule has 2 rings (SSSR count). The minimum Gasteiger partial charge on any atom is -0.493 e. The van der Waals surface area contributed by atoms with Crippen molar-refractivity contribution in [2.75, 3.05) is 36.6 Å². The molecule has 0 saturated heterocycles. The zero-order chi connectivity index (χ0) is 22.7. The van der Waals surface area contributed by atoms with Crippen LogP contribution < -0.4 is 19.1 Å². The van der Waals surface area contributed by atoms with Crippen molar-refractivity contribution in [3.8, 4) is 11.5 Å². The number of nitrogens with zero attached hydrogens (tertiary/aromatic N) is 1. The van der Waals surface area contributed by atoms with Crippen LogP contribution in [0.5, 0.6) is 11.5 Å². The monoisotopic (exact) mass is 446 g/mol. The molecule has 0 aliphatic carbocycles. The van der Waals surface area contributed by atoms with Crippen LogP contribution >= 0.6 is 0 Å². The van der Waals surface area contributed by atoms with Gasteiger partial charge in [0.2, 0.25) is 10.0 Å². The van der Waals surface area contributed by atoms with Crippen molar-refractivity contribution < 1.29 is 35.9 Å². The Morgan fingerprint density at radius 2 is 1.60 bits per heavy atom. The third kappa shape index (κ3) is 4.96. The third-order valence-electron chi connectivity index (χ3n) is 4.34. The van der Waals surface area contributed by atoms with E-state index in [9.17, 15) is 26.4 Å². The lowest BCUT2D eigenvalue weighted by molar-refractivity contribution is -0.137. The van der Waals surface area contributed by atoms with Crippen LogP contribution in [-0.4, -0.2) is 41.3 Å². The maximum absolute atomic E-state index is 12.9. The van der Waals surface area contributed by atoms with Crippen LogP contribution in [0.4, 0.5) is 24.5 Å². The normalized spacial score (nSPS) is 11.7. The number of carbonyl (C=O) groups is 1. The molecule has 0 atom stereocenters. The van der Waals surface area contributed by atoms with E-state index in [0.29, 0.717) is 0 Å². The summed E-state index contributed by atoms with van der Waals surface area (Å²) in [4.78, 5) is 12.9. The molecule has 1 N–H and O–H groups in total. The van der Waals surface area contributed by atoms with Gasteiger partial charge in [-0.05, 0) is 37.3 Å². The fourth-order valence-electron chi connectivity index (χ4n) is 2.60. The molecule has 164 valence electrons. The van der Waals surface area contributed by atoms with Crippen LogP contribution in [0.2, 0.25) is 0 Å². The second-order valence-corrected chi connectivity index (χ2v) is 8.41. The number of alkyl halides is 3. The van der Waals surface area contributed by atoms with Crippen LogP contribution in [0, 0.1) is 0 Å². The summed E-state index contributed by atoms with van der Waals surface area (Å²) in [7, 11) is 0.280. The summed E-state index contributed by atoms with van der Waals surface area (Å²) in [6.07, 6.45) is -4.50. The van der Waals surface area contributed by atoms with Crippen LogP contribution in [0.3, 0.4) is 0 Å². The number of amides is 1. The molecule has 0 radical (unpaired) electrons. The van der Waals surface area contributed by atoms with Gasteiger partial charge in [-0.1, -0.05) is 0 Å². The van der Waals surface area contributed by atoms with Crippen molar-refractivity contribution in [2.45, 2.75) is 13.1 Å². The van der Waals surface area contributed by atoms with Crippen LogP contribution in [0.15, 0.2) is 36.4 Å². The van der Waals surface area contributed by atoms with E-state index in [1.165, 1.54) is 40.3 Å². The Morgan fingerprint density at radius 3 is 2.07 bits per heavy atom. The number of ether oxygens (including phenoxy) is 2. The molecule has 1 amide bonds. The number of rotatable bonds is 7. The van der Waals surface area contributed by atoms with Crippen molar-refractivity contribution in [2.24, 2.45) is 0 Å². The zero-order valence-corrected chi connectivity index (χ0v) is 17.5. The van der Waals surface area contributed by atoms with Gasteiger partial charge >= 0.3 is 6.18 Å². The predicted octanol–water partition coefficient (Wildman–Crippen LogP) is 3.76. The number of nitrogens with one attached hydrogen (secondary N) is 1. The largest absolute Gasteiger partial charge is 0.493 e. The Hall–Kier alpha value is -2.95. The van der Waals surface area contributed by atoms with Crippen molar-refractivity contribution in [1.82, 2.24) is 0 Å². The maximum atomic E-state index is 12.9. The first-order valence-electron chi connectivity index (χ1n) is 8.65. The second kappa shape index (κ2) is 8.82. The Balaban J connectivity index is 2.49. The van der Waals surface area contributed by atoms with Gasteiger partial charge in [0.05, 0.1) is 36.8 Å². The number of sulfonamides is 1. The molecule has 0 aliphatic rings. The van der Waals surface area contributed by atoms with Gasteiger partial charge < -0.3 is 14.8 Å². The highest BCUT2D eigenvalue weighted by Crippen LogP contribution is 2.36. The minimum absolute atomic E-state index is 0.0268. The van der Waals surface area contributed by atoms with Crippen LogP contribution in [0.25, 0.3) is 0 Å². The first kappa shape index (κ1) is 23.3. The van der Waals surface area contributed by atoms with E-state index in [4.69, 9.17) is 9.47 Å². The van der Waals surface area contributed by atoms with E-state index >= 15 is 0 Å². The molecule has 0 bridgehead atoms. The van der Waals surface area contributed by atoms with Crippen LogP contribution in [-0.2, 0) is 16.2 Å². The predicted molar refractivity (Wildman–Crippen MR) is 107 cm³/mol. The first-order valence-corrected chi connectivity index (χ1v) is 10.3. The Kier molecular flexibility index (Phi) is 6.86. The van der Waals surface area contributed by atoms with E-state index in [1.54, 1.807) is 0 Å². The lowest BCUT2D eigenvalue weighted by Crippen LogP contribution is -2.30. The molecule has 0 unspecified atom stereocenters. The van der Waals surface area contributed by atoms with E-state index in [-0.39, 0.29) is 34.2 Å². The standard InChI is InChI=1S/C19H21F3N2O5S/c1-5-30(26,27)24(2)15-11-17(29-4)16(28-3)10-14(15)18(25)23-13-8-6-12(7-9-13)19(20,21)22/h6-11H,5H2,1-4H3,(H,23,25). The van der Waals surface area contributed by atoms with Gasteiger partial charge in [0.25, 0.3) is 5.91 Å². The highest BCUT2D eigenvalue weighted by molar-refractivity contribution is 7.92. The molecule has 7 nitrogen and oxygen atoms in total. The lowest BCUT2D eigenvalue weighted by Gasteiger charge is -2.23. The third-order valence-corrected chi connectivity index (χ3v) is 6.10. The van der Waals surface area contributed by atoms with Crippen molar-refractivity contribution in [3.05, 3.63) is 47.5 Å². The van der Waals surface area contributed by atoms with Crippen molar-refractivity contribution >= 4 is 27.3 Å². The molecule has 0 spiro atoms. The SMILES string of the molecule is CCS(=O)(=O)N(C)c1cc(OC)c(OC)cc1C(=O)Nc1ccc(C(F)(F)F)cc1. The number of anilines is 2. The molecule has 11 heteroatoms. The van der Waals surface area contributed by atoms with Crippen molar-refractivity contribution in [3.63, 3.8) is 0 Å². The molecule has 0 heterocycles. The molecule has 0 aliphatic heterocycles. The summed E-state index contributed by atoms with van der Waals surface area (Å²) in [6.45, 7) is 1.45. The fourth-order valence-corrected chi connectivity index (χ4v) is 3.43. The summed E-state index contributed by atoms with van der Waals surface area (Å²) in [5.74, 6) is -0.556. The molecule has 0 aromatic heterocycles. The highest BCUT2D eigenvalue weighted by Gasteiger charge is 2.30. The summed E-state index contributed by atoms with van der Waals surface area (Å²) in [6, 6.07) is 6.52. The minimum atomic E-state index is -4.50. The average Bonchev–Trinajstić information content (AvgIpc) is 2.71. The maximum Gasteiger partial charge on any atom is 0.416 e. The van der Waals surface area contributed by atoms with Gasteiger partial charge in [0.15, 0.2) is 11.5 Å². The molecule has 0 saturated carbocycles. The number of carbonyl (C=O) groups excluding carboxylic acids is 1. The summed E-state index contributed by atoms with van der Waals surface area (Å²) < 4.78 is 74.1. The molecular formula is C19H21F3N2O5S. The highest BCUT2D eigenvalue weighted by atomic mass is 32.2. The quantitative estimate of drug-likeness (QED) is 0.700. The molecule has 2 aromatic carbocycles. The van der Waals surface area contributed by atoms with Gasteiger partial charge in [-0.2, -0.15) is 13.2 Å². The van der Waals surface area contributed by atoms with E-state index in [1.807, 2.05) is 0 Å².